The maximum Gasteiger partial charge on any atom is 0.273 e. The first-order chi connectivity index (χ1) is 12.5. The van der Waals surface area contributed by atoms with E-state index in [0.717, 1.165) is 22.6 Å². The van der Waals surface area contributed by atoms with E-state index in [9.17, 15) is 4.79 Å². The van der Waals surface area contributed by atoms with Crippen LogP contribution in [0.25, 0.3) is 0 Å². The number of carbonyl (C=O) groups excluding carboxylic acids is 1. The highest BCUT2D eigenvalue weighted by Crippen LogP contribution is 2.16. The predicted molar refractivity (Wildman–Crippen MR) is 104 cm³/mol. The van der Waals surface area contributed by atoms with E-state index in [2.05, 4.69) is 41.7 Å². The first kappa shape index (κ1) is 17.7. The SMILES string of the molecule is Cc1ccc(Cn2nc(C)c(C(=O)NN(C)c3ccccc3)c2C)cc1. The van der Waals surface area contributed by atoms with Gasteiger partial charge in [0, 0.05) is 12.7 Å². The summed E-state index contributed by atoms with van der Waals surface area (Å²) in [7, 11) is 1.83. The Kier molecular flexibility index (Phi) is 5.07. The Labute approximate surface area is 154 Å². The van der Waals surface area contributed by atoms with Gasteiger partial charge in [-0.1, -0.05) is 48.0 Å². The molecule has 0 fully saturated rings. The van der Waals surface area contributed by atoms with Crippen molar-refractivity contribution in [3.63, 3.8) is 0 Å². The Morgan fingerprint density at radius 2 is 1.69 bits per heavy atom. The lowest BCUT2D eigenvalue weighted by molar-refractivity contribution is 0.0950. The predicted octanol–water partition coefficient (Wildman–Crippen LogP) is 3.64. The number of hydrazine groups is 1. The lowest BCUT2D eigenvalue weighted by Gasteiger charge is -2.20. The second-order valence-corrected chi connectivity index (χ2v) is 6.52. The van der Waals surface area contributed by atoms with E-state index in [1.165, 1.54) is 5.56 Å². The van der Waals surface area contributed by atoms with Crippen LogP contribution in [0.3, 0.4) is 0 Å². The van der Waals surface area contributed by atoms with Gasteiger partial charge in [-0.3, -0.25) is 19.9 Å². The molecule has 0 bridgehead atoms. The maximum atomic E-state index is 12.8. The van der Waals surface area contributed by atoms with Gasteiger partial charge in [-0.15, -0.1) is 0 Å². The van der Waals surface area contributed by atoms with E-state index >= 15 is 0 Å². The van der Waals surface area contributed by atoms with Crippen LogP contribution in [0.5, 0.6) is 0 Å². The van der Waals surface area contributed by atoms with E-state index in [0.29, 0.717) is 12.1 Å². The summed E-state index contributed by atoms with van der Waals surface area (Å²) < 4.78 is 1.89. The Morgan fingerprint density at radius 3 is 2.35 bits per heavy atom. The van der Waals surface area contributed by atoms with Crippen LogP contribution in [0.15, 0.2) is 54.6 Å². The van der Waals surface area contributed by atoms with E-state index in [1.54, 1.807) is 5.01 Å². The number of anilines is 1. The molecule has 1 aromatic heterocycles. The first-order valence-corrected chi connectivity index (χ1v) is 8.65. The van der Waals surface area contributed by atoms with E-state index in [4.69, 9.17) is 0 Å². The topological polar surface area (TPSA) is 50.2 Å². The number of benzene rings is 2. The molecule has 1 amide bonds. The molecular weight excluding hydrogens is 324 g/mol. The number of carbonyl (C=O) groups is 1. The normalized spacial score (nSPS) is 10.6. The summed E-state index contributed by atoms with van der Waals surface area (Å²) in [5.74, 6) is -0.151. The average Bonchev–Trinajstić information content (AvgIpc) is 2.91. The summed E-state index contributed by atoms with van der Waals surface area (Å²) in [6.45, 7) is 6.52. The molecule has 1 N–H and O–H groups in total. The third-order valence-electron chi connectivity index (χ3n) is 4.47. The Balaban J connectivity index is 1.78. The minimum absolute atomic E-state index is 0.151. The van der Waals surface area contributed by atoms with Crippen LogP contribution in [-0.4, -0.2) is 22.7 Å². The number of aromatic nitrogens is 2. The van der Waals surface area contributed by atoms with Crippen molar-refractivity contribution < 1.29 is 4.79 Å². The maximum absolute atomic E-state index is 12.8. The monoisotopic (exact) mass is 348 g/mol. The number of nitrogens with one attached hydrogen (secondary N) is 1. The van der Waals surface area contributed by atoms with Crippen LogP contribution in [0.4, 0.5) is 5.69 Å². The van der Waals surface area contributed by atoms with Gasteiger partial charge >= 0.3 is 0 Å². The van der Waals surface area contributed by atoms with E-state index in [1.807, 2.05) is 55.9 Å². The van der Waals surface area contributed by atoms with Crippen LogP contribution in [0.2, 0.25) is 0 Å². The van der Waals surface area contributed by atoms with Crippen molar-refractivity contribution in [3.8, 4) is 0 Å². The molecular formula is C21H24N4O. The number of nitrogens with zero attached hydrogens (tertiary/aromatic N) is 3. The molecule has 1 heterocycles. The number of rotatable bonds is 5. The molecule has 5 heteroatoms. The van der Waals surface area contributed by atoms with Gasteiger partial charge in [-0.05, 0) is 38.5 Å². The van der Waals surface area contributed by atoms with Crippen LogP contribution in [-0.2, 0) is 6.54 Å². The highest BCUT2D eigenvalue weighted by atomic mass is 16.2. The second-order valence-electron chi connectivity index (χ2n) is 6.52. The van der Waals surface area contributed by atoms with Crippen LogP contribution < -0.4 is 10.4 Å². The summed E-state index contributed by atoms with van der Waals surface area (Å²) in [5, 5.41) is 6.29. The molecule has 0 aliphatic rings. The van der Waals surface area contributed by atoms with Gasteiger partial charge in [0.1, 0.15) is 0 Å². The molecule has 0 aliphatic heterocycles. The minimum Gasteiger partial charge on any atom is -0.288 e. The molecule has 5 nitrogen and oxygen atoms in total. The first-order valence-electron chi connectivity index (χ1n) is 8.65. The number of aryl methyl sites for hydroxylation is 2. The Morgan fingerprint density at radius 1 is 1.04 bits per heavy atom. The van der Waals surface area contributed by atoms with Gasteiger partial charge in [-0.2, -0.15) is 5.10 Å². The lowest BCUT2D eigenvalue weighted by Crippen LogP contribution is -2.39. The largest absolute Gasteiger partial charge is 0.288 e. The molecule has 0 aliphatic carbocycles. The average molecular weight is 348 g/mol. The lowest BCUT2D eigenvalue weighted by atomic mass is 10.1. The van der Waals surface area contributed by atoms with Gasteiger partial charge in [0.2, 0.25) is 0 Å². The summed E-state index contributed by atoms with van der Waals surface area (Å²) in [6.07, 6.45) is 0. The fraction of sp³-hybridized carbons (Fsp3) is 0.238. The summed E-state index contributed by atoms with van der Waals surface area (Å²) in [5.41, 5.74) is 8.45. The van der Waals surface area contributed by atoms with Crippen LogP contribution >= 0.6 is 0 Å². The molecule has 0 spiro atoms. The summed E-state index contributed by atoms with van der Waals surface area (Å²) >= 11 is 0. The van der Waals surface area contributed by atoms with Crippen molar-refractivity contribution in [2.24, 2.45) is 0 Å². The summed E-state index contributed by atoms with van der Waals surface area (Å²) in [6, 6.07) is 18.1. The molecule has 0 saturated carbocycles. The molecule has 0 unspecified atom stereocenters. The standard InChI is InChI=1S/C21H24N4O/c1-15-10-12-18(13-11-15)14-25-17(3)20(16(2)22-25)21(26)23-24(4)19-8-6-5-7-9-19/h5-13H,14H2,1-4H3,(H,23,26). The molecule has 0 saturated heterocycles. The number of hydrogen-bond donors (Lipinski definition) is 1. The van der Waals surface area contributed by atoms with Gasteiger partial charge < -0.3 is 0 Å². The molecule has 134 valence electrons. The highest BCUT2D eigenvalue weighted by molar-refractivity contribution is 5.97. The molecule has 2 aromatic carbocycles. The third-order valence-corrected chi connectivity index (χ3v) is 4.47. The molecule has 0 radical (unpaired) electrons. The van der Waals surface area contributed by atoms with Crippen LogP contribution in [0, 0.1) is 20.8 Å². The minimum atomic E-state index is -0.151. The van der Waals surface area contributed by atoms with Crippen molar-refractivity contribution >= 4 is 11.6 Å². The fourth-order valence-corrected chi connectivity index (χ4v) is 2.97. The zero-order valence-electron chi connectivity index (χ0n) is 15.7. The van der Waals surface area contributed by atoms with E-state index in [-0.39, 0.29) is 5.91 Å². The van der Waals surface area contributed by atoms with E-state index < -0.39 is 0 Å². The van der Waals surface area contributed by atoms with Crippen molar-refractivity contribution in [3.05, 3.63) is 82.7 Å². The molecule has 0 atom stereocenters. The molecule has 3 aromatic rings. The number of amides is 1. The molecule has 26 heavy (non-hydrogen) atoms. The third kappa shape index (κ3) is 3.77. The van der Waals surface area contributed by atoms with Gasteiger partial charge in [0.15, 0.2) is 0 Å². The Bertz CT molecular complexity index is 898. The summed E-state index contributed by atoms with van der Waals surface area (Å²) in [4.78, 5) is 12.8. The van der Waals surface area contributed by atoms with Gasteiger partial charge in [0.25, 0.3) is 5.91 Å². The second kappa shape index (κ2) is 7.44. The quantitative estimate of drug-likeness (QED) is 0.716. The van der Waals surface area contributed by atoms with Crippen molar-refractivity contribution in [2.75, 3.05) is 12.1 Å². The smallest absolute Gasteiger partial charge is 0.273 e. The van der Waals surface area contributed by atoms with Gasteiger partial charge in [0.05, 0.1) is 23.5 Å². The molecule has 3 rings (SSSR count). The zero-order valence-corrected chi connectivity index (χ0v) is 15.7. The fourth-order valence-electron chi connectivity index (χ4n) is 2.97. The van der Waals surface area contributed by atoms with Gasteiger partial charge in [-0.25, -0.2) is 0 Å². The van der Waals surface area contributed by atoms with Crippen molar-refractivity contribution in [1.82, 2.24) is 15.2 Å². The Hall–Kier alpha value is -3.08. The van der Waals surface area contributed by atoms with Crippen molar-refractivity contribution in [2.45, 2.75) is 27.3 Å². The van der Waals surface area contributed by atoms with Crippen molar-refractivity contribution in [1.29, 1.82) is 0 Å². The zero-order chi connectivity index (χ0) is 18.7. The number of para-hydroxylation sites is 1. The number of hydrogen-bond acceptors (Lipinski definition) is 3. The highest BCUT2D eigenvalue weighted by Gasteiger charge is 2.20. The van der Waals surface area contributed by atoms with Crippen LogP contribution in [0.1, 0.15) is 32.9 Å².